The lowest BCUT2D eigenvalue weighted by Crippen LogP contribution is -2.42. The maximum Gasteiger partial charge on any atom is 0.191 e. The highest BCUT2D eigenvalue weighted by molar-refractivity contribution is 14.0. The summed E-state index contributed by atoms with van der Waals surface area (Å²) in [5, 5.41) is 0. The van der Waals surface area contributed by atoms with Crippen molar-refractivity contribution in [1.29, 1.82) is 0 Å². The van der Waals surface area contributed by atoms with Gasteiger partial charge in [-0.05, 0) is 13.0 Å². The number of aliphatic imine (C=N–C) groups is 1. The number of nitrogens with zero attached hydrogens (tertiary/aromatic N) is 4. The Kier molecular flexibility index (Phi) is 6.69. The summed E-state index contributed by atoms with van der Waals surface area (Å²) in [6.45, 7) is 4.45. The van der Waals surface area contributed by atoms with Crippen molar-refractivity contribution < 1.29 is 0 Å². The van der Waals surface area contributed by atoms with Gasteiger partial charge in [-0.15, -0.1) is 24.0 Å². The second-order valence-electron chi connectivity index (χ2n) is 3.92. The fourth-order valence-electron chi connectivity index (χ4n) is 1.65. The summed E-state index contributed by atoms with van der Waals surface area (Å²) in [7, 11) is 0. The summed E-state index contributed by atoms with van der Waals surface area (Å²) < 4.78 is 0. The predicted molar refractivity (Wildman–Crippen MR) is 86.4 cm³/mol. The predicted octanol–water partition coefficient (Wildman–Crippen LogP) is 1.27. The van der Waals surface area contributed by atoms with Crippen LogP contribution in [0.2, 0.25) is 0 Å². The molecular formula is C11H18IN5S. The van der Waals surface area contributed by atoms with Crippen LogP contribution >= 0.6 is 35.7 Å². The molecule has 1 aliphatic rings. The van der Waals surface area contributed by atoms with Gasteiger partial charge < -0.3 is 10.6 Å². The SMILES string of the molecule is Cc1cc(CN=C(N)N2CCSCC2)ncn1.I. The van der Waals surface area contributed by atoms with Gasteiger partial charge in [0.2, 0.25) is 0 Å². The van der Waals surface area contributed by atoms with Gasteiger partial charge in [-0.3, -0.25) is 0 Å². The summed E-state index contributed by atoms with van der Waals surface area (Å²) >= 11 is 1.96. The first-order valence-corrected chi connectivity index (χ1v) is 6.81. The Hall–Kier alpha value is -0.570. The fourth-order valence-corrected chi connectivity index (χ4v) is 2.55. The lowest BCUT2D eigenvalue weighted by atomic mass is 10.3. The number of thioether (sulfide) groups is 1. The van der Waals surface area contributed by atoms with E-state index in [0.29, 0.717) is 12.5 Å². The van der Waals surface area contributed by atoms with E-state index in [1.807, 2.05) is 24.8 Å². The average Bonchev–Trinajstić information content (AvgIpc) is 2.37. The van der Waals surface area contributed by atoms with E-state index in [2.05, 4.69) is 19.9 Å². The van der Waals surface area contributed by atoms with Crippen molar-refractivity contribution in [2.24, 2.45) is 10.7 Å². The minimum atomic E-state index is 0. The largest absolute Gasteiger partial charge is 0.370 e. The number of nitrogens with two attached hydrogens (primary N) is 1. The van der Waals surface area contributed by atoms with E-state index >= 15 is 0 Å². The first-order chi connectivity index (χ1) is 8.25. The number of guanidine groups is 1. The van der Waals surface area contributed by atoms with Crippen molar-refractivity contribution in [2.75, 3.05) is 24.6 Å². The minimum Gasteiger partial charge on any atom is -0.370 e. The molecule has 1 fully saturated rings. The van der Waals surface area contributed by atoms with Gasteiger partial charge in [0, 0.05) is 30.3 Å². The second kappa shape index (κ2) is 7.78. The zero-order chi connectivity index (χ0) is 12.1. The van der Waals surface area contributed by atoms with Crippen molar-refractivity contribution in [3.8, 4) is 0 Å². The van der Waals surface area contributed by atoms with Gasteiger partial charge in [-0.1, -0.05) is 0 Å². The second-order valence-corrected chi connectivity index (χ2v) is 5.15. The molecule has 0 amide bonds. The van der Waals surface area contributed by atoms with Gasteiger partial charge in [-0.25, -0.2) is 15.0 Å². The number of rotatable bonds is 2. The molecule has 0 aromatic carbocycles. The average molecular weight is 379 g/mol. The van der Waals surface area contributed by atoms with Crippen LogP contribution in [-0.2, 0) is 6.54 Å². The van der Waals surface area contributed by atoms with Crippen molar-refractivity contribution >= 4 is 41.7 Å². The van der Waals surface area contributed by atoms with Crippen LogP contribution in [-0.4, -0.2) is 45.4 Å². The molecule has 18 heavy (non-hydrogen) atoms. The third-order valence-electron chi connectivity index (χ3n) is 2.60. The van der Waals surface area contributed by atoms with E-state index < -0.39 is 0 Å². The molecule has 2 N–H and O–H groups in total. The van der Waals surface area contributed by atoms with E-state index in [4.69, 9.17) is 5.73 Å². The van der Waals surface area contributed by atoms with Crippen LogP contribution in [0.5, 0.6) is 0 Å². The third-order valence-corrected chi connectivity index (χ3v) is 3.54. The molecule has 0 spiro atoms. The lowest BCUT2D eigenvalue weighted by molar-refractivity contribution is 0.455. The van der Waals surface area contributed by atoms with Crippen LogP contribution in [0, 0.1) is 6.92 Å². The molecule has 7 heteroatoms. The van der Waals surface area contributed by atoms with Crippen molar-refractivity contribution in [1.82, 2.24) is 14.9 Å². The van der Waals surface area contributed by atoms with Crippen LogP contribution in [0.1, 0.15) is 11.4 Å². The van der Waals surface area contributed by atoms with Gasteiger partial charge >= 0.3 is 0 Å². The van der Waals surface area contributed by atoms with Gasteiger partial charge in [-0.2, -0.15) is 11.8 Å². The van der Waals surface area contributed by atoms with Crippen molar-refractivity contribution in [3.05, 3.63) is 23.8 Å². The smallest absolute Gasteiger partial charge is 0.191 e. The van der Waals surface area contributed by atoms with Gasteiger partial charge in [0.15, 0.2) is 5.96 Å². The van der Waals surface area contributed by atoms with Gasteiger partial charge in [0.05, 0.1) is 12.2 Å². The van der Waals surface area contributed by atoms with Crippen molar-refractivity contribution in [2.45, 2.75) is 13.5 Å². The zero-order valence-corrected chi connectivity index (χ0v) is 13.5. The number of hydrogen-bond acceptors (Lipinski definition) is 4. The fraction of sp³-hybridized carbons (Fsp3) is 0.545. The molecule has 5 nitrogen and oxygen atoms in total. The van der Waals surface area contributed by atoms with E-state index in [0.717, 1.165) is 36.0 Å². The number of aromatic nitrogens is 2. The molecule has 2 rings (SSSR count). The molecule has 1 aliphatic heterocycles. The van der Waals surface area contributed by atoms with E-state index in [-0.39, 0.29) is 24.0 Å². The van der Waals surface area contributed by atoms with Gasteiger partial charge in [0.1, 0.15) is 6.33 Å². The molecule has 1 aromatic heterocycles. The topological polar surface area (TPSA) is 67.4 Å². The first kappa shape index (κ1) is 15.5. The van der Waals surface area contributed by atoms with Crippen LogP contribution in [0.15, 0.2) is 17.4 Å². The van der Waals surface area contributed by atoms with E-state index in [1.54, 1.807) is 6.33 Å². The summed E-state index contributed by atoms with van der Waals surface area (Å²) in [6.07, 6.45) is 1.56. The maximum atomic E-state index is 5.96. The molecule has 0 unspecified atom stereocenters. The minimum absolute atomic E-state index is 0. The Morgan fingerprint density at radius 1 is 1.44 bits per heavy atom. The first-order valence-electron chi connectivity index (χ1n) is 5.66. The highest BCUT2D eigenvalue weighted by atomic mass is 127. The summed E-state index contributed by atoms with van der Waals surface area (Å²) in [5.74, 6) is 2.88. The molecule has 0 aliphatic carbocycles. The Bertz CT molecular complexity index is 406. The number of aryl methyl sites for hydroxylation is 1. The molecule has 0 radical (unpaired) electrons. The quantitative estimate of drug-likeness (QED) is 0.476. The molecule has 1 aromatic rings. The third kappa shape index (κ3) is 4.60. The highest BCUT2D eigenvalue weighted by Crippen LogP contribution is 2.08. The molecule has 0 bridgehead atoms. The van der Waals surface area contributed by atoms with Crippen LogP contribution in [0.25, 0.3) is 0 Å². The Labute approximate surface area is 129 Å². The normalized spacial score (nSPS) is 16.3. The monoisotopic (exact) mass is 379 g/mol. The van der Waals surface area contributed by atoms with Crippen molar-refractivity contribution in [3.63, 3.8) is 0 Å². The molecule has 100 valence electrons. The number of hydrogen-bond donors (Lipinski definition) is 1. The Balaban J connectivity index is 0.00000162. The van der Waals surface area contributed by atoms with E-state index in [9.17, 15) is 0 Å². The Morgan fingerprint density at radius 2 is 2.17 bits per heavy atom. The summed E-state index contributed by atoms with van der Waals surface area (Å²) in [6, 6.07) is 1.93. The standard InChI is InChI=1S/C11H17N5S.HI/c1-9-6-10(15-8-14-9)7-13-11(12)16-2-4-17-5-3-16;/h6,8H,2-5,7H2,1H3,(H2,12,13);1H. The maximum absolute atomic E-state index is 5.96. The summed E-state index contributed by atoms with van der Waals surface area (Å²) in [4.78, 5) is 14.7. The molecular weight excluding hydrogens is 361 g/mol. The molecule has 2 heterocycles. The lowest BCUT2D eigenvalue weighted by Gasteiger charge is -2.27. The van der Waals surface area contributed by atoms with Crippen LogP contribution in [0.4, 0.5) is 0 Å². The zero-order valence-electron chi connectivity index (χ0n) is 10.4. The number of halogens is 1. The molecule has 0 atom stereocenters. The molecule has 1 saturated heterocycles. The van der Waals surface area contributed by atoms with E-state index in [1.165, 1.54) is 0 Å². The Morgan fingerprint density at radius 3 is 2.83 bits per heavy atom. The van der Waals surface area contributed by atoms with Crippen LogP contribution < -0.4 is 5.73 Å². The highest BCUT2D eigenvalue weighted by Gasteiger charge is 2.11. The van der Waals surface area contributed by atoms with Crippen LogP contribution in [0.3, 0.4) is 0 Å². The van der Waals surface area contributed by atoms with Gasteiger partial charge in [0.25, 0.3) is 0 Å². The molecule has 0 saturated carbocycles. The summed E-state index contributed by atoms with van der Waals surface area (Å²) in [5.41, 5.74) is 7.82.